The molecule has 1 aliphatic rings. The summed E-state index contributed by atoms with van der Waals surface area (Å²) in [5.74, 6) is 1.33. The van der Waals surface area contributed by atoms with E-state index >= 15 is 0 Å². The van der Waals surface area contributed by atoms with Crippen molar-refractivity contribution in [2.24, 2.45) is 5.92 Å². The van der Waals surface area contributed by atoms with Gasteiger partial charge < -0.3 is 5.32 Å². The van der Waals surface area contributed by atoms with E-state index in [1.807, 2.05) is 23.1 Å². The van der Waals surface area contributed by atoms with Crippen molar-refractivity contribution in [1.29, 1.82) is 0 Å². The summed E-state index contributed by atoms with van der Waals surface area (Å²) in [6, 6.07) is 4.12. The van der Waals surface area contributed by atoms with E-state index in [1.165, 1.54) is 5.56 Å². The minimum Gasteiger partial charge on any atom is -0.311 e. The van der Waals surface area contributed by atoms with Crippen LogP contribution in [0.5, 0.6) is 0 Å². The smallest absolute Gasteiger partial charge is 0.226 e. The Kier molecular flexibility index (Phi) is 3.96. The van der Waals surface area contributed by atoms with Crippen LogP contribution in [0.3, 0.4) is 0 Å². The van der Waals surface area contributed by atoms with Crippen molar-refractivity contribution >= 4 is 11.7 Å². The number of anilines is 1. The second-order valence-corrected chi connectivity index (χ2v) is 6.27. The Morgan fingerprint density at radius 1 is 1.36 bits per heavy atom. The number of nitrogens with zero attached hydrogens (tertiary/aromatic N) is 3. The zero-order valence-corrected chi connectivity index (χ0v) is 13.3. The molecule has 0 saturated carbocycles. The second kappa shape index (κ2) is 5.91. The zero-order chi connectivity index (χ0) is 15.7. The monoisotopic (exact) mass is 298 g/mol. The number of pyridine rings is 1. The minimum atomic E-state index is -0.00410. The number of hydrogen-bond acceptors (Lipinski definition) is 3. The van der Waals surface area contributed by atoms with Gasteiger partial charge in [0.15, 0.2) is 0 Å². The van der Waals surface area contributed by atoms with E-state index < -0.39 is 0 Å². The molecule has 2 aromatic rings. The molecule has 3 rings (SSSR count). The first-order valence-corrected chi connectivity index (χ1v) is 7.88. The van der Waals surface area contributed by atoms with Gasteiger partial charge in [-0.2, -0.15) is 5.10 Å². The van der Waals surface area contributed by atoms with E-state index in [4.69, 9.17) is 0 Å². The first-order valence-electron chi connectivity index (χ1n) is 7.88. The predicted molar refractivity (Wildman–Crippen MR) is 85.8 cm³/mol. The van der Waals surface area contributed by atoms with Crippen LogP contribution < -0.4 is 5.32 Å². The Bertz CT molecular complexity index is 672. The molecule has 1 atom stereocenters. The molecule has 5 heteroatoms. The Balaban J connectivity index is 1.97. The molecule has 0 spiro atoms. The van der Waals surface area contributed by atoms with Crippen molar-refractivity contribution in [2.45, 2.75) is 46.1 Å². The highest BCUT2D eigenvalue weighted by Gasteiger charge is 2.30. The molecule has 0 radical (unpaired) electrons. The molecule has 0 saturated heterocycles. The van der Waals surface area contributed by atoms with Gasteiger partial charge in [0.05, 0.1) is 6.20 Å². The van der Waals surface area contributed by atoms with Crippen LogP contribution in [0.25, 0.3) is 0 Å². The van der Waals surface area contributed by atoms with Gasteiger partial charge in [0.25, 0.3) is 0 Å². The molecule has 0 bridgehead atoms. The fourth-order valence-corrected chi connectivity index (χ4v) is 2.87. The summed E-state index contributed by atoms with van der Waals surface area (Å²) in [6.07, 6.45) is 5.17. The Hall–Kier alpha value is -2.17. The fourth-order valence-electron chi connectivity index (χ4n) is 2.87. The van der Waals surface area contributed by atoms with Gasteiger partial charge in [-0.05, 0) is 24.0 Å². The maximum Gasteiger partial charge on any atom is 0.226 e. The molecule has 3 heterocycles. The van der Waals surface area contributed by atoms with Crippen molar-refractivity contribution in [3.05, 3.63) is 41.3 Å². The number of nitrogens with one attached hydrogen (secondary N) is 1. The Labute approximate surface area is 130 Å². The average molecular weight is 298 g/mol. The highest BCUT2D eigenvalue weighted by atomic mass is 16.1. The van der Waals surface area contributed by atoms with E-state index in [9.17, 15) is 4.79 Å². The molecule has 2 aromatic heterocycles. The molecule has 1 N–H and O–H groups in total. The van der Waals surface area contributed by atoms with Crippen molar-refractivity contribution < 1.29 is 4.79 Å². The number of aromatic nitrogens is 3. The summed E-state index contributed by atoms with van der Waals surface area (Å²) in [4.78, 5) is 16.6. The normalized spacial score (nSPS) is 17.5. The molecule has 1 aliphatic heterocycles. The molecule has 5 nitrogen and oxygen atoms in total. The van der Waals surface area contributed by atoms with Gasteiger partial charge in [-0.25, -0.2) is 4.68 Å². The topological polar surface area (TPSA) is 59.8 Å². The number of carbonyl (C=O) groups is 1. The predicted octanol–water partition coefficient (Wildman–Crippen LogP) is 2.97. The molecular weight excluding hydrogens is 276 g/mol. The molecule has 1 amide bonds. The van der Waals surface area contributed by atoms with Crippen LogP contribution in [0.1, 0.15) is 49.9 Å². The second-order valence-electron chi connectivity index (χ2n) is 6.27. The van der Waals surface area contributed by atoms with Gasteiger partial charge in [0, 0.05) is 36.3 Å². The summed E-state index contributed by atoms with van der Waals surface area (Å²) in [7, 11) is 0. The van der Waals surface area contributed by atoms with Crippen molar-refractivity contribution in [3.63, 3.8) is 0 Å². The van der Waals surface area contributed by atoms with Crippen LogP contribution >= 0.6 is 0 Å². The number of fused-ring (bicyclic) bond motifs is 1. The summed E-state index contributed by atoms with van der Waals surface area (Å²) in [5, 5.41) is 7.43. The number of carbonyl (C=O) groups excluding carboxylic acids is 1. The maximum atomic E-state index is 12.1. The summed E-state index contributed by atoms with van der Waals surface area (Å²) >= 11 is 0. The SMILES string of the molecule is CCc1ccc([C@@H]2CC(=O)Nc3c2cnn3CC(C)C)nc1. The number of aryl methyl sites for hydroxylation is 1. The first-order chi connectivity index (χ1) is 10.6. The molecule has 0 aromatic carbocycles. The van der Waals surface area contributed by atoms with Gasteiger partial charge in [-0.15, -0.1) is 0 Å². The third kappa shape index (κ3) is 2.75. The number of hydrogen-bond donors (Lipinski definition) is 1. The number of amides is 1. The zero-order valence-electron chi connectivity index (χ0n) is 13.3. The fraction of sp³-hybridized carbons (Fsp3) is 0.471. The molecule has 0 unspecified atom stereocenters. The lowest BCUT2D eigenvalue weighted by Crippen LogP contribution is -2.25. The molecular formula is C17H22N4O. The maximum absolute atomic E-state index is 12.1. The highest BCUT2D eigenvalue weighted by molar-refractivity contribution is 5.94. The molecule has 0 aliphatic carbocycles. The largest absolute Gasteiger partial charge is 0.311 e. The van der Waals surface area contributed by atoms with Gasteiger partial charge in [-0.1, -0.05) is 26.8 Å². The summed E-state index contributed by atoms with van der Waals surface area (Å²) in [6.45, 7) is 7.19. The van der Waals surface area contributed by atoms with Crippen molar-refractivity contribution in [3.8, 4) is 0 Å². The van der Waals surface area contributed by atoms with Crippen LogP contribution in [0.15, 0.2) is 24.5 Å². The average Bonchev–Trinajstić information content (AvgIpc) is 2.89. The third-order valence-corrected chi connectivity index (χ3v) is 4.04. The van der Waals surface area contributed by atoms with Crippen LogP contribution in [0, 0.1) is 5.92 Å². The quantitative estimate of drug-likeness (QED) is 0.944. The molecule has 22 heavy (non-hydrogen) atoms. The van der Waals surface area contributed by atoms with E-state index in [1.54, 1.807) is 0 Å². The lowest BCUT2D eigenvalue weighted by atomic mass is 9.90. The van der Waals surface area contributed by atoms with Gasteiger partial charge in [-0.3, -0.25) is 9.78 Å². The van der Waals surface area contributed by atoms with Crippen LogP contribution in [-0.2, 0) is 17.8 Å². The van der Waals surface area contributed by atoms with E-state index in [-0.39, 0.29) is 11.8 Å². The standard InChI is InChI=1S/C17H22N4O/c1-4-12-5-6-15(18-8-12)13-7-16(22)20-17-14(13)9-19-21(17)10-11(2)3/h5-6,8-9,11,13H,4,7,10H2,1-3H3,(H,20,22)/t13-/m1/s1. The van der Waals surface area contributed by atoms with Crippen LogP contribution in [0.4, 0.5) is 5.82 Å². The number of rotatable bonds is 4. The van der Waals surface area contributed by atoms with E-state index in [0.29, 0.717) is 12.3 Å². The van der Waals surface area contributed by atoms with Gasteiger partial charge in [0.2, 0.25) is 5.91 Å². The lowest BCUT2D eigenvalue weighted by Gasteiger charge is -2.23. The lowest BCUT2D eigenvalue weighted by molar-refractivity contribution is -0.116. The Morgan fingerprint density at radius 3 is 2.82 bits per heavy atom. The summed E-state index contributed by atoms with van der Waals surface area (Å²) in [5.41, 5.74) is 3.22. The highest BCUT2D eigenvalue weighted by Crippen LogP contribution is 2.36. The summed E-state index contributed by atoms with van der Waals surface area (Å²) < 4.78 is 1.89. The van der Waals surface area contributed by atoms with Crippen LogP contribution in [0.2, 0.25) is 0 Å². The van der Waals surface area contributed by atoms with Crippen LogP contribution in [-0.4, -0.2) is 20.7 Å². The van der Waals surface area contributed by atoms with Crippen molar-refractivity contribution in [1.82, 2.24) is 14.8 Å². The Morgan fingerprint density at radius 2 is 2.18 bits per heavy atom. The van der Waals surface area contributed by atoms with Crippen molar-refractivity contribution in [2.75, 3.05) is 5.32 Å². The van der Waals surface area contributed by atoms with Gasteiger partial charge >= 0.3 is 0 Å². The minimum absolute atomic E-state index is 0.00410. The van der Waals surface area contributed by atoms with E-state index in [2.05, 4.69) is 42.2 Å². The van der Waals surface area contributed by atoms with Gasteiger partial charge in [0.1, 0.15) is 5.82 Å². The first kappa shape index (κ1) is 14.8. The molecule has 0 fully saturated rings. The molecule has 116 valence electrons. The third-order valence-electron chi connectivity index (χ3n) is 4.04. The van der Waals surface area contributed by atoms with E-state index in [0.717, 1.165) is 30.0 Å².